The molecular formula is C8H11N5O4S. The molecule has 0 saturated carbocycles. The summed E-state index contributed by atoms with van der Waals surface area (Å²) < 4.78 is 3.52. The quantitative estimate of drug-likeness (QED) is 0.543. The fourth-order valence-corrected chi connectivity index (χ4v) is 1.49. The van der Waals surface area contributed by atoms with Gasteiger partial charge >= 0.3 is 12.0 Å². The van der Waals surface area contributed by atoms with E-state index in [0.717, 1.165) is 11.5 Å². The number of hydrogen-bond donors (Lipinski definition) is 4. The van der Waals surface area contributed by atoms with E-state index in [-0.39, 0.29) is 12.8 Å². The van der Waals surface area contributed by atoms with Crippen LogP contribution in [0.15, 0.2) is 6.20 Å². The van der Waals surface area contributed by atoms with Crippen molar-refractivity contribution in [1.82, 2.24) is 14.9 Å². The van der Waals surface area contributed by atoms with E-state index in [1.807, 2.05) is 0 Å². The number of aromatic nitrogens is 2. The van der Waals surface area contributed by atoms with Crippen LogP contribution in [0.2, 0.25) is 0 Å². The Kier molecular flexibility index (Phi) is 4.99. The Morgan fingerprint density at radius 3 is 2.72 bits per heavy atom. The molecule has 0 aliphatic heterocycles. The summed E-state index contributed by atoms with van der Waals surface area (Å²) in [5.74, 6) is -1.87. The third-order valence-corrected chi connectivity index (χ3v) is 2.46. The van der Waals surface area contributed by atoms with Crippen molar-refractivity contribution in [3.63, 3.8) is 0 Å². The summed E-state index contributed by atoms with van der Waals surface area (Å²) in [4.78, 5) is 32.8. The van der Waals surface area contributed by atoms with Crippen molar-refractivity contribution < 1.29 is 19.5 Å². The Morgan fingerprint density at radius 1 is 1.50 bits per heavy atom. The van der Waals surface area contributed by atoms with Crippen LogP contribution < -0.4 is 16.4 Å². The lowest BCUT2D eigenvalue weighted by Crippen LogP contribution is -2.43. The maximum Gasteiger partial charge on any atom is 0.326 e. The molecule has 1 aromatic heterocycles. The maximum absolute atomic E-state index is 11.4. The minimum Gasteiger partial charge on any atom is -0.480 e. The molecule has 0 aliphatic rings. The minimum absolute atomic E-state index is 0.0704. The Labute approximate surface area is 106 Å². The summed E-state index contributed by atoms with van der Waals surface area (Å²) in [5, 5.41) is 17.3. The fourth-order valence-electron chi connectivity index (χ4n) is 1.07. The Bertz CT molecular complexity index is 435. The van der Waals surface area contributed by atoms with Gasteiger partial charge in [-0.25, -0.2) is 9.59 Å². The van der Waals surface area contributed by atoms with Gasteiger partial charge in [0.15, 0.2) is 0 Å². The number of carbonyl (C=O) groups is 3. The average Bonchev–Trinajstić information content (AvgIpc) is 2.76. The summed E-state index contributed by atoms with van der Waals surface area (Å²) in [6.07, 6.45) is 1.13. The highest BCUT2D eigenvalue weighted by Gasteiger charge is 2.20. The van der Waals surface area contributed by atoms with Crippen molar-refractivity contribution in [1.29, 1.82) is 0 Å². The van der Waals surface area contributed by atoms with Crippen LogP contribution in [-0.4, -0.2) is 38.6 Å². The molecule has 18 heavy (non-hydrogen) atoms. The predicted molar refractivity (Wildman–Crippen MR) is 61.9 cm³/mol. The largest absolute Gasteiger partial charge is 0.480 e. The molecule has 5 N–H and O–H groups in total. The molecule has 0 unspecified atom stereocenters. The number of nitrogens with two attached hydrogens (primary N) is 1. The van der Waals surface area contributed by atoms with E-state index in [2.05, 4.69) is 20.2 Å². The number of aliphatic carboxylic acids is 1. The van der Waals surface area contributed by atoms with Crippen molar-refractivity contribution in [2.24, 2.45) is 5.73 Å². The summed E-state index contributed by atoms with van der Waals surface area (Å²) in [6, 6.07) is -1.89. The highest BCUT2D eigenvalue weighted by atomic mass is 32.1. The van der Waals surface area contributed by atoms with Gasteiger partial charge in [-0.05, 0) is 6.42 Å². The van der Waals surface area contributed by atoms with Gasteiger partial charge in [0.1, 0.15) is 11.0 Å². The second-order valence-electron chi connectivity index (χ2n) is 3.28. The third-order valence-electron chi connectivity index (χ3n) is 1.88. The molecule has 0 radical (unpaired) electrons. The number of nitrogens with zero attached hydrogens (tertiary/aromatic N) is 2. The van der Waals surface area contributed by atoms with Gasteiger partial charge in [0.05, 0.1) is 6.20 Å². The Hall–Kier alpha value is -2.23. The van der Waals surface area contributed by atoms with Gasteiger partial charge < -0.3 is 16.2 Å². The first kappa shape index (κ1) is 13.8. The monoisotopic (exact) mass is 273 g/mol. The molecular weight excluding hydrogens is 262 g/mol. The van der Waals surface area contributed by atoms with Crippen LogP contribution in [0.1, 0.15) is 12.8 Å². The first-order chi connectivity index (χ1) is 8.49. The summed E-state index contributed by atoms with van der Waals surface area (Å²) >= 11 is 0.950. The second-order valence-corrected chi connectivity index (χ2v) is 4.06. The molecule has 0 aliphatic carbocycles. The van der Waals surface area contributed by atoms with Gasteiger partial charge in [-0.1, -0.05) is 4.49 Å². The molecule has 3 amide bonds. The molecule has 0 bridgehead atoms. The molecule has 1 atom stereocenters. The zero-order chi connectivity index (χ0) is 13.5. The highest BCUT2D eigenvalue weighted by molar-refractivity contribution is 7.10. The molecule has 1 aromatic rings. The number of urea groups is 1. The van der Waals surface area contributed by atoms with Crippen LogP contribution in [-0.2, 0) is 9.59 Å². The average molecular weight is 273 g/mol. The van der Waals surface area contributed by atoms with Gasteiger partial charge in [0.2, 0.25) is 5.91 Å². The standard InChI is InChI=1S/C8H11N5O4S/c9-5(14)2-1-4(7(15)16)11-8(17)12-6-3-10-13-18-6/h3-4H,1-2H2,(H2,9,14)(H,15,16)(H2,11,12,17)/t4-/m1/s1. The van der Waals surface area contributed by atoms with Crippen LogP contribution >= 0.6 is 11.5 Å². The molecule has 9 nitrogen and oxygen atoms in total. The van der Waals surface area contributed by atoms with Crippen LogP contribution in [0.3, 0.4) is 0 Å². The highest BCUT2D eigenvalue weighted by Crippen LogP contribution is 2.08. The number of carboxylic acid groups (broad SMARTS) is 1. The molecule has 1 rings (SSSR count). The van der Waals surface area contributed by atoms with Crippen molar-refractivity contribution >= 4 is 34.4 Å². The first-order valence-corrected chi connectivity index (χ1v) is 5.62. The molecule has 10 heteroatoms. The molecule has 0 aromatic carbocycles. The lowest BCUT2D eigenvalue weighted by Gasteiger charge is -2.13. The summed E-state index contributed by atoms with van der Waals surface area (Å²) in [5.41, 5.74) is 4.91. The first-order valence-electron chi connectivity index (χ1n) is 4.85. The summed E-state index contributed by atoms with van der Waals surface area (Å²) in [7, 11) is 0. The fraction of sp³-hybridized carbons (Fsp3) is 0.375. The van der Waals surface area contributed by atoms with Crippen molar-refractivity contribution in [3.05, 3.63) is 6.20 Å². The zero-order valence-corrected chi connectivity index (χ0v) is 9.94. The normalized spacial score (nSPS) is 11.6. The van der Waals surface area contributed by atoms with Gasteiger partial charge in [-0.3, -0.25) is 10.1 Å². The van der Waals surface area contributed by atoms with E-state index in [1.165, 1.54) is 6.20 Å². The lowest BCUT2D eigenvalue weighted by molar-refractivity contribution is -0.139. The molecule has 98 valence electrons. The van der Waals surface area contributed by atoms with E-state index in [4.69, 9.17) is 10.8 Å². The van der Waals surface area contributed by atoms with Crippen LogP contribution in [0.25, 0.3) is 0 Å². The number of anilines is 1. The number of carbonyl (C=O) groups excluding carboxylic acids is 2. The van der Waals surface area contributed by atoms with Gasteiger partial charge in [-0.15, -0.1) is 5.10 Å². The van der Waals surface area contributed by atoms with E-state index in [9.17, 15) is 14.4 Å². The van der Waals surface area contributed by atoms with E-state index < -0.39 is 23.9 Å². The number of amides is 3. The molecule has 1 heterocycles. The molecule has 0 spiro atoms. The Morgan fingerprint density at radius 2 is 2.22 bits per heavy atom. The maximum atomic E-state index is 11.4. The zero-order valence-electron chi connectivity index (χ0n) is 9.12. The number of primary amides is 1. The topological polar surface area (TPSA) is 147 Å². The number of hydrogen-bond acceptors (Lipinski definition) is 6. The number of rotatable bonds is 6. The van der Waals surface area contributed by atoms with E-state index in [1.54, 1.807) is 0 Å². The van der Waals surface area contributed by atoms with Crippen LogP contribution in [0.4, 0.5) is 9.80 Å². The Balaban J connectivity index is 2.47. The minimum atomic E-state index is -1.24. The number of nitrogens with one attached hydrogen (secondary N) is 2. The second kappa shape index (κ2) is 6.49. The van der Waals surface area contributed by atoms with E-state index in [0.29, 0.717) is 5.00 Å². The van der Waals surface area contributed by atoms with Crippen molar-refractivity contribution in [3.8, 4) is 0 Å². The molecule has 0 fully saturated rings. The predicted octanol–water partition coefficient (Wildman–Crippen LogP) is -0.622. The van der Waals surface area contributed by atoms with Gasteiger partial charge in [0.25, 0.3) is 0 Å². The third kappa shape index (κ3) is 4.74. The molecule has 0 saturated heterocycles. The smallest absolute Gasteiger partial charge is 0.326 e. The van der Waals surface area contributed by atoms with Gasteiger partial charge in [-0.2, -0.15) is 0 Å². The van der Waals surface area contributed by atoms with Crippen molar-refractivity contribution in [2.45, 2.75) is 18.9 Å². The van der Waals surface area contributed by atoms with E-state index >= 15 is 0 Å². The van der Waals surface area contributed by atoms with Crippen molar-refractivity contribution in [2.75, 3.05) is 5.32 Å². The summed E-state index contributed by atoms with van der Waals surface area (Å²) in [6.45, 7) is 0. The van der Waals surface area contributed by atoms with Crippen LogP contribution in [0, 0.1) is 0 Å². The van der Waals surface area contributed by atoms with Gasteiger partial charge in [0, 0.05) is 18.0 Å². The van der Waals surface area contributed by atoms with Crippen LogP contribution in [0.5, 0.6) is 0 Å². The number of carboxylic acids is 1. The SMILES string of the molecule is NC(=O)CC[C@@H](NC(=O)Nc1cnns1)C(=O)O. The lowest BCUT2D eigenvalue weighted by atomic mass is 10.1.